The van der Waals surface area contributed by atoms with Crippen LogP contribution in [0.15, 0.2) is 47.1 Å². The maximum Gasteiger partial charge on any atom is 0.251 e. The van der Waals surface area contributed by atoms with Crippen LogP contribution >= 0.6 is 11.8 Å². The maximum atomic E-state index is 12.3. The predicted molar refractivity (Wildman–Crippen MR) is 103 cm³/mol. The van der Waals surface area contributed by atoms with Gasteiger partial charge in [-0.15, -0.1) is 11.8 Å². The lowest BCUT2D eigenvalue weighted by atomic mass is 10.1. The number of carbonyl (C=O) groups excluding carboxylic acids is 2. The van der Waals surface area contributed by atoms with E-state index < -0.39 is 0 Å². The predicted octanol–water partition coefficient (Wildman–Crippen LogP) is 3.97. The van der Waals surface area contributed by atoms with Gasteiger partial charge < -0.3 is 14.6 Å². The van der Waals surface area contributed by atoms with E-state index in [1.807, 2.05) is 48.2 Å². The van der Waals surface area contributed by atoms with Crippen molar-refractivity contribution in [3.63, 3.8) is 0 Å². The zero-order valence-electron chi connectivity index (χ0n) is 15.1. The van der Waals surface area contributed by atoms with E-state index in [4.69, 9.17) is 4.42 Å². The monoisotopic (exact) mass is 372 g/mol. The quantitative estimate of drug-likeness (QED) is 0.799. The van der Waals surface area contributed by atoms with E-state index in [9.17, 15) is 9.59 Å². The summed E-state index contributed by atoms with van der Waals surface area (Å²) in [7, 11) is 0. The van der Waals surface area contributed by atoms with Crippen molar-refractivity contribution in [2.75, 3.05) is 5.75 Å². The molecule has 0 bridgehead atoms. The van der Waals surface area contributed by atoms with Crippen molar-refractivity contribution in [2.24, 2.45) is 0 Å². The van der Waals surface area contributed by atoms with Gasteiger partial charge in [0.2, 0.25) is 5.91 Å². The van der Waals surface area contributed by atoms with Crippen molar-refractivity contribution in [3.05, 3.63) is 59.5 Å². The minimum absolute atomic E-state index is 0.0521. The molecule has 0 unspecified atom stereocenters. The van der Waals surface area contributed by atoms with Gasteiger partial charge in [0, 0.05) is 11.6 Å². The van der Waals surface area contributed by atoms with E-state index in [0.29, 0.717) is 17.9 Å². The Bertz CT molecular complexity index is 743. The lowest BCUT2D eigenvalue weighted by Gasteiger charge is -2.23. The van der Waals surface area contributed by atoms with Crippen molar-refractivity contribution in [1.82, 2.24) is 10.2 Å². The number of hydrogen-bond acceptors (Lipinski definition) is 4. The highest BCUT2D eigenvalue weighted by Gasteiger charge is 2.33. The van der Waals surface area contributed by atoms with Crippen LogP contribution in [0.3, 0.4) is 0 Å². The van der Waals surface area contributed by atoms with Crippen LogP contribution in [0.1, 0.15) is 53.7 Å². The molecule has 1 aliphatic heterocycles. The first kappa shape index (κ1) is 18.6. The highest BCUT2D eigenvalue weighted by molar-refractivity contribution is 8.00. The van der Waals surface area contributed by atoms with Gasteiger partial charge in [-0.25, -0.2) is 0 Å². The molecule has 0 spiro atoms. The van der Waals surface area contributed by atoms with Crippen LogP contribution in [0.2, 0.25) is 0 Å². The Labute approximate surface area is 158 Å². The SMILES string of the molecule is CCC[C@H](C)NC(=O)c1ccc([C@@H]2SCC(=O)N2Cc2ccco2)cc1. The van der Waals surface area contributed by atoms with E-state index in [1.165, 1.54) is 0 Å². The van der Waals surface area contributed by atoms with Gasteiger partial charge in [0.1, 0.15) is 11.1 Å². The number of nitrogens with one attached hydrogen (secondary N) is 1. The third kappa shape index (κ3) is 4.30. The minimum atomic E-state index is -0.0555. The first-order valence-corrected chi connectivity index (χ1v) is 9.97. The number of nitrogens with zero attached hydrogens (tertiary/aromatic N) is 1. The van der Waals surface area contributed by atoms with Crippen LogP contribution in [0.25, 0.3) is 0 Å². The number of amides is 2. The molecule has 0 saturated carbocycles. The van der Waals surface area contributed by atoms with Crippen molar-refractivity contribution in [3.8, 4) is 0 Å². The lowest BCUT2D eigenvalue weighted by molar-refractivity contribution is -0.128. The zero-order chi connectivity index (χ0) is 18.5. The second-order valence-electron chi connectivity index (χ2n) is 6.55. The van der Waals surface area contributed by atoms with E-state index in [1.54, 1.807) is 18.0 Å². The van der Waals surface area contributed by atoms with Crippen molar-refractivity contribution >= 4 is 23.6 Å². The third-order valence-corrected chi connectivity index (χ3v) is 5.69. The molecular formula is C20H24N2O3S. The Morgan fingerprint density at radius 1 is 1.35 bits per heavy atom. The molecular weight excluding hydrogens is 348 g/mol. The smallest absolute Gasteiger partial charge is 0.251 e. The molecule has 2 atom stereocenters. The number of hydrogen-bond donors (Lipinski definition) is 1. The fraction of sp³-hybridized carbons (Fsp3) is 0.400. The Balaban J connectivity index is 1.69. The Morgan fingerprint density at radius 3 is 2.77 bits per heavy atom. The topological polar surface area (TPSA) is 62.6 Å². The average Bonchev–Trinajstić information content (AvgIpc) is 3.26. The summed E-state index contributed by atoms with van der Waals surface area (Å²) in [5.41, 5.74) is 1.66. The molecule has 6 heteroatoms. The van der Waals surface area contributed by atoms with Gasteiger partial charge in [0.05, 0.1) is 18.6 Å². The average molecular weight is 372 g/mol. The van der Waals surface area contributed by atoms with E-state index >= 15 is 0 Å². The molecule has 3 rings (SSSR count). The summed E-state index contributed by atoms with van der Waals surface area (Å²) in [5.74, 6) is 1.28. The molecule has 0 radical (unpaired) electrons. The molecule has 1 aromatic heterocycles. The molecule has 2 amide bonds. The Kier molecular flexibility index (Phi) is 6.04. The second-order valence-corrected chi connectivity index (χ2v) is 7.62. The third-order valence-electron chi connectivity index (χ3n) is 4.43. The molecule has 1 saturated heterocycles. The number of carbonyl (C=O) groups is 2. The van der Waals surface area contributed by atoms with Crippen LogP contribution in [0, 0.1) is 0 Å². The molecule has 1 fully saturated rings. The molecule has 1 N–H and O–H groups in total. The summed E-state index contributed by atoms with van der Waals surface area (Å²) in [6.07, 6.45) is 3.62. The van der Waals surface area contributed by atoms with Gasteiger partial charge in [-0.2, -0.15) is 0 Å². The van der Waals surface area contributed by atoms with Gasteiger partial charge in [0.15, 0.2) is 0 Å². The summed E-state index contributed by atoms with van der Waals surface area (Å²) in [5, 5.41) is 2.96. The van der Waals surface area contributed by atoms with E-state index in [0.717, 1.165) is 24.2 Å². The molecule has 1 aliphatic rings. The number of furan rings is 1. The van der Waals surface area contributed by atoms with Gasteiger partial charge in [0.25, 0.3) is 5.91 Å². The fourth-order valence-electron chi connectivity index (χ4n) is 3.08. The van der Waals surface area contributed by atoms with Crippen LogP contribution in [0.5, 0.6) is 0 Å². The van der Waals surface area contributed by atoms with Crippen molar-refractivity contribution in [1.29, 1.82) is 0 Å². The van der Waals surface area contributed by atoms with E-state index in [-0.39, 0.29) is 23.2 Å². The lowest BCUT2D eigenvalue weighted by Crippen LogP contribution is -2.32. The first-order chi connectivity index (χ1) is 12.6. The maximum absolute atomic E-state index is 12.3. The highest BCUT2D eigenvalue weighted by Crippen LogP contribution is 2.39. The molecule has 0 aliphatic carbocycles. The van der Waals surface area contributed by atoms with Crippen LogP contribution in [-0.4, -0.2) is 28.5 Å². The zero-order valence-corrected chi connectivity index (χ0v) is 15.9. The number of rotatable bonds is 7. The Hall–Kier alpha value is -2.21. The molecule has 2 heterocycles. The summed E-state index contributed by atoms with van der Waals surface area (Å²) >= 11 is 1.60. The summed E-state index contributed by atoms with van der Waals surface area (Å²) in [6, 6.07) is 11.4. The first-order valence-electron chi connectivity index (χ1n) is 8.92. The largest absolute Gasteiger partial charge is 0.467 e. The number of benzene rings is 1. The van der Waals surface area contributed by atoms with Gasteiger partial charge in [-0.05, 0) is 43.2 Å². The standard InChI is InChI=1S/C20H24N2O3S/c1-3-5-14(2)21-19(24)15-7-9-16(10-8-15)20-22(18(23)13-26-20)12-17-6-4-11-25-17/h4,6-11,14,20H,3,5,12-13H2,1-2H3,(H,21,24)/t14-,20-/m0/s1. The number of thioether (sulfide) groups is 1. The molecule has 1 aromatic carbocycles. The van der Waals surface area contributed by atoms with Crippen LogP contribution in [-0.2, 0) is 11.3 Å². The molecule has 5 nitrogen and oxygen atoms in total. The van der Waals surface area contributed by atoms with Gasteiger partial charge >= 0.3 is 0 Å². The highest BCUT2D eigenvalue weighted by atomic mass is 32.2. The summed E-state index contributed by atoms with van der Waals surface area (Å²) in [4.78, 5) is 26.4. The molecule has 2 aromatic rings. The van der Waals surface area contributed by atoms with E-state index in [2.05, 4.69) is 12.2 Å². The molecule has 26 heavy (non-hydrogen) atoms. The molecule has 138 valence electrons. The van der Waals surface area contributed by atoms with Crippen LogP contribution in [0.4, 0.5) is 0 Å². The van der Waals surface area contributed by atoms with Crippen LogP contribution < -0.4 is 5.32 Å². The minimum Gasteiger partial charge on any atom is -0.467 e. The summed E-state index contributed by atoms with van der Waals surface area (Å²) < 4.78 is 5.38. The van der Waals surface area contributed by atoms with Crippen molar-refractivity contribution in [2.45, 2.75) is 44.6 Å². The van der Waals surface area contributed by atoms with Gasteiger partial charge in [-0.3, -0.25) is 9.59 Å². The van der Waals surface area contributed by atoms with Crippen molar-refractivity contribution < 1.29 is 14.0 Å². The van der Waals surface area contributed by atoms with Gasteiger partial charge in [-0.1, -0.05) is 25.5 Å². The second kappa shape index (κ2) is 8.45. The normalized spacial score (nSPS) is 18.2. The fourth-order valence-corrected chi connectivity index (χ4v) is 4.27. The summed E-state index contributed by atoms with van der Waals surface area (Å²) in [6.45, 7) is 4.58. The Morgan fingerprint density at radius 2 is 2.12 bits per heavy atom.